The first-order valence-electron chi connectivity index (χ1n) is 33.6. The SMILES string of the molecule is CCCCCCCC/C=C/CCCCCCCCCCCCCCC(O)C(=O)NC(COC1OC(CO)C(O)C(O)C1OC(=O)CCCCCCCCCCCCCCCC)C(O)/C=C/CCCCCCCCCCCCC. The van der Waals surface area contributed by atoms with Crippen LogP contribution in [0.3, 0.4) is 0 Å². The topological polar surface area (TPSA) is 175 Å². The third kappa shape index (κ3) is 42.9. The molecule has 0 radical (unpaired) electrons. The molecule has 1 heterocycles. The highest BCUT2D eigenvalue weighted by atomic mass is 16.7. The number of nitrogens with one attached hydrogen (secondary N) is 1. The minimum atomic E-state index is -1.61. The average molecular weight is 1110 g/mol. The van der Waals surface area contributed by atoms with Gasteiger partial charge in [-0.05, 0) is 51.4 Å². The lowest BCUT2D eigenvalue weighted by Crippen LogP contribution is -2.61. The lowest BCUT2D eigenvalue weighted by atomic mass is 9.99. The molecule has 1 fully saturated rings. The number of unbranched alkanes of at least 4 members (excludes halogenated alkanes) is 42. The van der Waals surface area contributed by atoms with Gasteiger partial charge in [-0.3, -0.25) is 9.59 Å². The number of hydrogen-bond donors (Lipinski definition) is 6. The van der Waals surface area contributed by atoms with Crippen LogP contribution in [0.5, 0.6) is 0 Å². The Labute approximate surface area is 480 Å². The van der Waals surface area contributed by atoms with Gasteiger partial charge in [-0.1, -0.05) is 295 Å². The van der Waals surface area contributed by atoms with E-state index in [-0.39, 0.29) is 13.0 Å². The first-order chi connectivity index (χ1) is 38.2. The van der Waals surface area contributed by atoms with Crippen LogP contribution in [0.1, 0.15) is 329 Å². The van der Waals surface area contributed by atoms with Gasteiger partial charge in [0.25, 0.3) is 0 Å². The lowest BCUT2D eigenvalue weighted by Gasteiger charge is -2.41. The minimum Gasteiger partial charge on any atom is -0.454 e. The summed E-state index contributed by atoms with van der Waals surface area (Å²) in [5.74, 6) is -1.18. The molecule has 8 unspecified atom stereocenters. The molecule has 1 aliphatic heterocycles. The van der Waals surface area contributed by atoms with Crippen molar-refractivity contribution in [2.45, 2.75) is 378 Å². The zero-order chi connectivity index (χ0) is 56.8. The summed E-state index contributed by atoms with van der Waals surface area (Å²) < 4.78 is 17.7. The van der Waals surface area contributed by atoms with Gasteiger partial charge in [-0.25, -0.2) is 0 Å². The fourth-order valence-electron chi connectivity index (χ4n) is 10.8. The fourth-order valence-corrected chi connectivity index (χ4v) is 10.8. The van der Waals surface area contributed by atoms with E-state index in [9.17, 15) is 35.1 Å². The van der Waals surface area contributed by atoms with Gasteiger partial charge in [0.2, 0.25) is 5.91 Å². The van der Waals surface area contributed by atoms with E-state index >= 15 is 0 Å². The van der Waals surface area contributed by atoms with E-state index in [0.717, 1.165) is 57.8 Å². The number of rotatable bonds is 58. The number of carbonyl (C=O) groups is 2. The summed E-state index contributed by atoms with van der Waals surface area (Å²) in [6.45, 7) is 5.83. The van der Waals surface area contributed by atoms with E-state index in [1.807, 2.05) is 6.08 Å². The average Bonchev–Trinajstić information content (AvgIpc) is 3.45. The van der Waals surface area contributed by atoms with Crippen molar-refractivity contribution >= 4 is 11.9 Å². The largest absolute Gasteiger partial charge is 0.454 e. The highest BCUT2D eigenvalue weighted by Crippen LogP contribution is 2.26. The van der Waals surface area contributed by atoms with E-state index in [4.69, 9.17) is 14.2 Å². The number of allylic oxidation sites excluding steroid dienone is 3. The molecule has 0 aromatic rings. The van der Waals surface area contributed by atoms with Gasteiger partial charge < -0.3 is 45.1 Å². The molecule has 0 spiro atoms. The summed E-state index contributed by atoms with van der Waals surface area (Å²) in [6, 6.07) is -1.02. The summed E-state index contributed by atoms with van der Waals surface area (Å²) in [5, 5.41) is 57.1. The van der Waals surface area contributed by atoms with Crippen LogP contribution in [0.4, 0.5) is 0 Å². The second-order valence-electron chi connectivity index (χ2n) is 23.6. The highest BCUT2D eigenvalue weighted by molar-refractivity contribution is 5.80. The first kappa shape index (κ1) is 74.2. The zero-order valence-electron chi connectivity index (χ0n) is 51.1. The quantitative estimate of drug-likeness (QED) is 0.0195. The number of hydrogen-bond acceptors (Lipinski definition) is 10. The summed E-state index contributed by atoms with van der Waals surface area (Å²) >= 11 is 0. The van der Waals surface area contributed by atoms with Gasteiger partial charge in [0.1, 0.15) is 24.4 Å². The van der Waals surface area contributed by atoms with Crippen LogP contribution in [-0.4, -0.2) is 99.6 Å². The molecule has 8 atom stereocenters. The Morgan fingerprint density at radius 2 is 0.846 bits per heavy atom. The molecule has 0 aliphatic carbocycles. The molecule has 1 rings (SSSR count). The summed E-state index contributed by atoms with van der Waals surface area (Å²) in [5.41, 5.74) is 0. The summed E-state index contributed by atoms with van der Waals surface area (Å²) in [7, 11) is 0. The Morgan fingerprint density at radius 3 is 1.24 bits per heavy atom. The third-order valence-corrected chi connectivity index (χ3v) is 16.1. The van der Waals surface area contributed by atoms with Crippen molar-refractivity contribution in [1.82, 2.24) is 5.32 Å². The Morgan fingerprint density at radius 1 is 0.487 bits per heavy atom. The lowest BCUT2D eigenvalue weighted by molar-refractivity contribution is -0.305. The van der Waals surface area contributed by atoms with Crippen molar-refractivity contribution in [2.75, 3.05) is 13.2 Å². The van der Waals surface area contributed by atoms with Gasteiger partial charge in [-0.2, -0.15) is 0 Å². The number of carbonyl (C=O) groups excluding carboxylic acids is 2. The van der Waals surface area contributed by atoms with E-state index in [0.29, 0.717) is 19.3 Å². The Hall–Kier alpha value is -1.86. The maximum absolute atomic E-state index is 13.5. The second kappa shape index (κ2) is 55.7. The molecule has 1 amide bonds. The number of aliphatic hydroxyl groups excluding tert-OH is 5. The number of esters is 1. The molecular formula is C67H127NO10. The van der Waals surface area contributed by atoms with Crippen molar-refractivity contribution in [1.29, 1.82) is 0 Å². The molecule has 11 heteroatoms. The molecule has 0 aromatic carbocycles. The zero-order valence-corrected chi connectivity index (χ0v) is 51.1. The Kier molecular flexibility index (Phi) is 52.9. The van der Waals surface area contributed by atoms with Crippen LogP contribution in [0, 0.1) is 0 Å². The standard InChI is InChI=1S/C67H127NO10/c1-4-7-10-13-16-19-22-25-27-28-29-30-31-32-33-34-36-39-42-45-48-51-54-60(71)66(75)68-58(59(70)53-50-47-44-41-38-35-24-21-18-15-12-9-6-3)57-76-67-65(64(74)63(73)61(56-69)77-67)78-62(72)55-52-49-46-43-40-37-26-23-20-17-14-11-8-5-2/h25,27,50,53,58-61,63-65,67,69-71,73-74H,4-24,26,28-49,51-52,54-57H2,1-3H3,(H,68,75)/b27-25+,53-50+. The maximum Gasteiger partial charge on any atom is 0.306 e. The molecule has 11 nitrogen and oxygen atoms in total. The van der Waals surface area contributed by atoms with Crippen LogP contribution in [0.25, 0.3) is 0 Å². The van der Waals surface area contributed by atoms with Crippen LogP contribution in [0.2, 0.25) is 0 Å². The second-order valence-corrected chi connectivity index (χ2v) is 23.6. The Balaban J connectivity index is 2.61. The molecular weight excluding hydrogens is 979 g/mol. The Bertz CT molecular complexity index is 1360. The van der Waals surface area contributed by atoms with E-state index in [2.05, 4.69) is 38.2 Å². The highest BCUT2D eigenvalue weighted by Gasteiger charge is 2.47. The first-order valence-corrected chi connectivity index (χ1v) is 33.6. The summed E-state index contributed by atoms with van der Waals surface area (Å²) in [6.07, 6.45) is 55.0. The van der Waals surface area contributed by atoms with E-state index < -0.39 is 67.4 Å². The number of aliphatic hydroxyl groups is 5. The molecule has 78 heavy (non-hydrogen) atoms. The predicted molar refractivity (Wildman–Crippen MR) is 324 cm³/mol. The monoisotopic (exact) mass is 1110 g/mol. The molecule has 6 N–H and O–H groups in total. The molecule has 0 bridgehead atoms. The molecule has 1 aliphatic rings. The van der Waals surface area contributed by atoms with Crippen LogP contribution in [0.15, 0.2) is 24.3 Å². The van der Waals surface area contributed by atoms with Crippen molar-refractivity contribution in [2.24, 2.45) is 0 Å². The van der Waals surface area contributed by atoms with Gasteiger partial charge in [0, 0.05) is 6.42 Å². The number of amides is 1. The number of ether oxygens (including phenoxy) is 3. The van der Waals surface area contributed by atoms with E-state index in [1.54, 1.807) is 6.08 Å². The van der Waals surface area contributed by atoms with Crippen molar-refractivity contribution in [3.05, 3.63) is 24.3 Å². The molecule has 1 saturated heterocycles. The van der Waals surface area contributed by atoms with Gasteiger partial charge in [0.05, 0.1) is 25.4 Å². The van der Waals surface area contributed by atoms with Crippen molar-refractivity contribution in [3.8, 4) is 0 Å². The molecule has 0 saturated carbocycles. The fraction of sp³-hybridized carbons (Fsp3) is 0.910. The van der Waals surface area contributed by atoms with Crippen LogP contribution in [-0.2, 0) is 23.8 Å². The van der Waals surface area contributed by atoms with Crippen molar-refractivity contribution in [3.63, 3.8) is 0 Å². The van der Waals surface area contributed by atoms with Crippen LogP contribution < -0.4 is 5.32 Å². The normalized spacial score (nSPS) is 19.0. The van der Waals surface area contributed by atoms with Gasteiger partial charge in [-0.15, -0.1) is 0 Å². The maximum atomic E-state index is 13.5. The van der Waals surface area contributed by atoms with Crippen LogP contribution >= 0.6 is 0 Å². The van der Waals surface area contributed by atoms with Gasteiger partial charge >= 0.3 is 5.97 Å². The third-order valence-electron chi connectivity index (χ3n) is 16.1. The van der Waals surface area contributed by atoms with Crippen molar-refractivity contribution < 1.29 is 49.3 Å². The minimum absolute atomic E-state index is 0.130. The smallest absolute Gasteiger partial charge is 0.306 e. The predicted octanol–water partition coefficient (Wildman–Crippen LogP) is 16.5. The summed E-state index contributed by atoms with van der Waals surface area (Å²) in [4.78, 5) is 26.6. The van der Waals surface area contributed by atoms with E-state index in [1.165, 1.54) is 225 Å². The molecule has 460 valence electrons. The van der Waals surface area contributed by atoms with Gasteiger partial charge in [0.15, 0.2) is 12.4 Å². The molecule has 0 aromatic heterocycles.